The second-order valence-electron chi connectivity index (χ2n) is 9.16. The van der Waals surface area contributed by atoms with Crippen LogP contribution in [-0.2, 0) is 32.0 Å². The quantitative estimate of drug-likeness (QED) is 0.105. The van der Waals surface area contributed by atoms with E-state index in [0.29, 0.717) is 24.9 Å². The van der Waals surface area contributed by atoms with Crippen LogP contribution in [0.2, 0.25) is 0 Å². The summed E-state index contributed by atoms with van der Waals surface area (Å²) in [6.07, 6.45) is 1.44. The average molecular weight is 560 g/mol. The molecule has 212 valence electrons. The molecular weight excluding hydrogens is 522 g/mol. The number of nitrogens with one attached hydrogen (secondary N) is 3. The molecule has 2 aromatic rings. The number of rotatable bonds is 16. The van der Waals surface area contributed by atoms with E-state index in [1.807, 2.05) is 6.07 Å². The molecule has 12 heteroatoms. The number of benzene rings is 2. The van der Waals surface area contributed by atoms with Crippen LogP contribution in [0.1, 0.15) is 30.4 Å². The molecule has 0 spiro atoms. The van der Waals surface area contributed by atoms with E-state index in [4.69, 9.17) is 11.5 Å². The number of hydrogen-bond acceptors (Lipinski definition) is 8. The average Bonchev–Trinajstić information content (AvgIpc) is 2.92. The van der Waals surface area contributed by atoms with Gasteiger partial charge in [0, 0.05) is 18.6 Å². The molecule has 0 radical (unpaired) electrons. The number of unbranched alkanes of at least 4 members (excludes halogenated alkanes) is 1. The Morgan fingerprint density at radius 2 is 1.28 bits per heavy atom. The molecule has 0 aliphatic heterocycles. The number of aliphatic carboxylic acids is 1. The van der Waals surface area contributed by atoms with Crippen molar-refractivity contribution in [3.8, 4) is 5.75 Å². The molecule has 0 saturated heterocycles. The van der Waals surface area contributed by atoms with Gasteiger partial charge < -0.3 is 37.6 Å². The molecule has 0 aliphatic carbocycles. The second-order valence-corrected chi connectivity index (χ2v) is 9.52. The lowest BCUT2D eigenvalue weighted by Crippen LogP contribution is -2.58. The highest BCUT2D eigenvalue weighted by molar-refractivity contribution is 7.80. The van der Waals surface area contributed by atoms with Crippen LogP contribution in [-0.4, -0.2) is 70.4 Å². The van der Waals surface area contributed by atoms with E-state index in [1.165, 1.54) is 12.1 Å². The molecule has 4 atom stereocenters. The number of hydrogen-bond donors (Lipinski definition) is 8. The van der Waals surface area contributed by atoms with Crippen LogP contribution in [0.3, 0.4) is 0 Å². The Balaban J connectivity index is 2.28. The molecule has 0 fully saturated rings. The highest BCUT2D eigenvalue weighted by Gasteiger charge is 2.30. The first-order valence-corrected chi connectivity index (χ1v) is 13.3. The Morgan fingerprint density at radius 3 is 1.79 bits per heavy atom. The molecule has 0 aromatic heterocycles. The normalized spacial score (nSPS) is 13.9. The number of carbonyl (C=O) groups excluding carboxylic acids is 3. The third kappa shape index (κ3) is 11.0. The predicted octanol–water partition coefficient (Wildman–Crippen LogP) is 0.103. The summed E-state index contributed by atoms with van der Waals surface area (Å²) in [7, 11) is 0. The molecule has 2 rings (SSSR count). The van der Waals surface area contributed by atoms with Crippen molar-refractivity contribution in [2.24, 2.45) is 11.5 Å². The van der Waals surface area contributed by atoms with Crippen LogP contribution in [0, 0.1) is 0 Å². The van der Waals surface area contributed by atoms with E-state index >= 15 is 0 Å². The van der Waals surface area contributed by atoms with Crippen LogP contribution in [0.4, 0.5) is 0 Å². The van der Waals surface area contributed by atoms with E-state index in [9.17, 15) is 29.4 Å². The Bertz CT molecular complexity index is 1090. The van der Waals surface area contributed by atoms with Gasteiger partial charge in [-0.3, -0.25) is 14.4 Å². The van der Waals surface area contributed by atoms with Crippen molar-refractivity contribution >= 4 is 36.3 Å². The van der Waals surface area contributed by atoms with Gasteiger partial charge >= 0.3 is 5.97 Å². The number of aromatic hydroxyl groups is 1. The van der Waals surface area contributed by atoms with Crippen LogP contribution in [0.5, 0.6) is 5.75 Å². The fourth-order valence-electron chi connectivity index (χ4n) is 3.79. The van der Waals surface area contributed by atoms with Crippen molar-refractivity contribution in [2.45, 2.75) is 56.3 Å². The third-order valence-electron chi connectivity index (χ3n) is 6.02. The van der Waals surface area contributed by atoms with Gasteiger partial charge in [0.2, 0.25) is 17.7 Å². The molecule has 11 nitrogen and oxygen atoms in total. The lowest BCUT2D eigenvalue weighted by Gasteiger charge is -2.25. The Kier molecular flexibility index (Phi) is 13.3. The topological polar surface area (TPSA) is 197 Å². The monoisotopic (exact) mass is 559 g/mol. The van der Waals surface area contributed by atoms with Crippen molar-refractivity contribution in [1.29, 1.82) is 0 Å². The minimum absolute atomic E-state index is 0.0416. The molecule has 4 unspecified atom stereocenters. The molecule has 3 amide bonds. The van der Waals surface area contributed by atoms with Gasteiger partial charge in [0.1, 0.15) is 23.9 Å². The fraction of sp³-hybridized carbons (Fsp3) is 0.407. The molecule has 0 bridgehead atoms. The smallest absolute Gasteiger partial charge is 0.326 e. The van der Waals surface area contributed by atoms with Crippen LogP contribution >= 0.6 is 12.6 Å². The molecule has 0 aliphatic rings. The third-order valence-corrected chi connectivity index (χ3v) is 6.41. The number of carbonyl (C=O) groups is 4. The summed E-state index contributed by atoms with van der Waals surface area (Å²) in [6, 6.07) is 10.7. The van der Waals surface area contributed by atoms with Gasteiger partial charge in [-0.15, -0.1) is 0 Å². The molecule has 9 N–H and O–H groups in total. The van der Waals surface area contributed by atoms with Crippen molar-refractivity contribution < 1.29 is 29.4 Å². The second kappa shape index (κ2) is 16.4. The lowest BCUT2D eigenvalue weighted by molar-refractivity contribution is -0.142. The van der Waals surface area contributed by atoms with Crippen LogP contribution < -0.4 is 27.4 Å². The van der Waals surface area contributed by atoms with Gasteiger partial charge in [-0.05, 0) is 49.1 Å². The zero-order valence-corrected chi connectivity index (χ0v) is 22.5. The van der Waals surface area contributed by atoms with Crippen molar-refractivity contribution in [3.63, 3.8) is 0 Å². The maximum Gasteiger partial charge on any atom is 0.326 e. The Hall–Kier alpha value is -3.61. The minimum Gasteiger partial charge on any atom is -0.508 e. The Morgan fingerprint density at radius 1 is 0.769 bits per heavy atom. The lowest BCUT2D eigenvalue weighted by atomic mass is 10.0. The first-order valence-electron chi connectivity index (χ1n) is 12.7. The van der Waals surface area contributed by atoms with E-state index in [-0.39, 0.29) is 30.8 Å². The van der Waals surface area contributed by atoms with Crippen LogP contribution in [0.15, 0.2) is 54.6 Å². The molecular formula is C27H37N5O6S. The minimum atomic E-state index is -1.19. The summed E-state index contributed by atoms with van der Waals surface area (Å²) in [5.74, 6) is -3.02. The zero-order chi connectivity index (χ0) is 28.8. The van der Waals surface area contributed by atoms with Crippen LogP contribution in [0.25, 0.3) is 0 Å². The summed E-state index contributed by atoms with van der Waals surface area (Å²) >= 11 is 4.03. The molecule has 0 saturated carbocycles. The summed E-state index contributed by atoms with van der Waals surface area (Å²) in [5.41, 5.74) is 12.7. The fourth-order valence-corrected chi connectivity index (χ4v) is 3.96. The summed E-state index contributed by atoms with van der Waals surface area (Å²) in [5, 5.41) is 27.0. The molecule has 2 aromatic carbocycles. The maximum absolute atomic E-state index is 13.5. The maximum atomic E-state index is 13.5. The zero-order valence-electron chi connectivity index (χ0n) is 21.6. The van der Waals surface area contributed by atoms with Gasteiger partial charge in [-0.1, -0.05) is 42.5 Å². The number of nitrogens with two attached hydrogens (primary N) is 2. The number of thiol groups is 1. The predicted molar refractivity (Wildman–Crippen MR) is 150 cm³/mol. The van der Waals surface area contributed by atoms with E-state index < -0.39 is 47.9 Å². The molecule has 0 heterocycles. The van der Waals surface area contributed by atoms with Gasteiger partial charge in [-0.25, -0.2) is 4.79 Å². The Labute approximate surface area is 233 Å². The van der Waals surface area contributed by atoms with Gasteiger partial charge in [0.15, 0.2) is 0 Å². The number of phenols is 1. The number of carboxylic acid groups (broad SMARTS) is 1. The highest BCUT2D eigenvalue weighted by Crippen LogP contribution is 2.12. The number of amides is 3. The molecule has 39 heavy (non-hydrogen) atoms. The first kappa shape index (κ1) is 31.6. The van der Waals surface area contributed by atoms with E-state index in [1.54, 1.807) is 36.4 Å². The largest absolute Gasteiger partial charge is 0.508 e. The van der Waals surface area contributed by atoms with Crippen molar-refractivity contribution in [1.82, 2.24) is 16.0 Å². The summed E-state index contributed by atoms with van der Waals surface area (Å²) in [4.78, 5) is 51.0. The van der Waals surface area contributed by atoms with Gasteiger partial charge in [0.05, 0.1) is 6.04 Å². The standard InChI is InChI=1S/C27H37N5O6S/c28-13-5-4-8-21(27(37)38)30-25(35)23(14-17-6-2-1-3-7-17)32-26(36)22(31-24(34)20(29)16-39)15-18-9-11-19(33)12-10-18/h1-3,6-7,9-12,20-23,33,39H,4-5,8,13-16,28-29H2,(H,30,35)(H,31,34)(H,32,36)(H,37,38). The van der Waals surface area contributed by atoms with E-state index in [0.717, 1.165) is 5.56 Å². The number of carboxylic acids is 1. The van der Waals surface area contributed by atoms with Gasteiger partial charge in [-0.2, -0.15) is 12.6 Å². The highest BCUT2D eigenvalue weighted by atomic mass is 32.1. The van der Waals surface area contributed by atoms with Gasteiger partial charge in [0.25, 0.3) is 0 Å². The van der Waals surface area contributed by atoms with Crippen molar-refractivity contribution in [3.05, 3.63) is 65.7 Å². The van der Waals surface area contributed by atoms with Crippen molar-refractivity contribution in [2.75, 3.05) is 12.3 Å². The SMILES string of the molecule is NCCCCC(NC(=O)C(Cc1ccccc1)NC(=O)C(Cc1ccc(O)cc1)NC(=O)C(N)CS)C(=O)O. The summed E-state index contributed by atoms with van der Waals surface area (Å²) in [6.45, 7) is 0.401. The first-order chi connectivity index (χ1) is 18.6. The van der Waals surface area contributed by atoms with E-state index in [2.05, 4.69) is 28.6 Å². The summed E-state index contributed by atoms with van der Waals surface area (Å²) < 4.78 is 0. The number of phenolic OH excluding ortho intramolecular Hbond substituents is 1.